The first-order valence-corrected chi connectivity index (χ1v) is 6.64. The molecule has 6 heteroatoms. The van der Waals surface area contributed by atoms with Crippen molar-refractivity contribution in [2.75, 3.05) is 5.73 Å². The Hall–Kier alpha value is -2.37. The number of carbonyl (C=O) groups excluding carboxylic acids is 1. The number of halogens is 2. The first-order chi connectivity index (χ1) is 9.93. The second-order valence-corrected chi connectivity index (χ2v) is 4.78. The summed E-state index contributed by atoms with van der Waals surface area (Å²) in [6, 6.07) is 4.34. The molecular weight excluding hydrogens is 276 g/mol. The highest BCUT2D eigenvalue weighted by atomic mass is 19.1. The minimum absolute atomic E-state index is 0.159. The third-order valence-electron chi connectivity index (χ3n) is 3.27. The van der Waals surface area contributed by atoms with Gasteiger partial charge in [0.25, 0.3) is 5.91 Å². The van der Waals surface area contributed by atoms with Gasteiger partial charge >= 0.3 is 0 Å². The highest BCUT2D eigenvalue weighted by Gasteiger charge is 2.20. The fraction of sp³-hybridized carbons (Fsp3) is 0.267. The largest absolute Gasteiger partial charge is 0.397 e. The minimum atomic E-state index is -0.792. The Kier molecular flexibility index (Phi) is 4.26. The molecule has 1 atom stereocenters. The molecule has 112 valence electrons. The van der Waals surface area contributed by atoms with E-state index in [1.807, 2.05) is 6.92 Å². The monoisotopic (exact) mass is 293 g/mol. The van der Waals surface area contributed by atoms with Gasteiger partial charge < -0.3 is 15.6 Å². The molecule has 0 saturated heterocycles. The van der Waals surface area contributed by atoms with Crippen molar-refractivity contribution < 1.29 is 13.6 Å². The van der Waals surface area contributed by atoms with E-state index in [2.05, 4.69) is 5.32 Å². The number of benzene rings is 1. The molecular formula is C15H17F2N3O. The number of nitrogens with two attached hydrogens (primary N) is 1. The van der Waals surface area contributed by atoms with Gasteiger partial charge in [0.1, 0.15) is 17.3 Å². The van der Waals surface area contributed by atoms with E-state index in [9.17, 15) is 13.6 Å². The summed E-state index contributed by atoms with van der Waals surface area (Å²) in [4.78, 5) is 12.2. The van der Waals surface area contributed by atoms with Crippen LogP contribution in [0, 0.1) is 11.6 Å². The van der Waals surface area contributed by atoms with Crippen LogP contribution < -0.4 is 11.1 Å². The number of nitrogens with zero attached hydrogens (tertiary/aromatic N) is 1. The highest BCUT2D eigenvalue weighted by Crippen LogP contribution is 2.21. The average Bonchev–Trinajstić information content (AvgIpc) is 2.79. The third kappa shape index (κ3) is 3.04. The molecule has 0 aliphatic carbocycles. The van der Waals surface area contributed by atoms with Gasteiger partial charge in [-0.25, -0.2) is 8.78 Å². The molecule has 0 saturated carbocycles. The number of amides is 1. The maximum atomic E-state index is 13.7. The molecule has 1 aromatic heterocycles. The lowest BCUT2D eigenvalue weighted by atomic mass is 10.1. The first-order valence-electron chi connectivity index (χ1n) is 6.64. The summed E-state index contributed by atoms with van der Waals surface area (Å²) in [6.45, 7) is 3.97. The van der Waals surface area contributed by atoms with Crippen molar-refractivity contribution >= 4 is 11.6 Å². The average molecular weight is 293 g/mol. The lowest BCUT2D eigenvalue weighted by Gasteiger charge is -2.16. The molecule has 2 aromatic rings. The zero-order valence-corrected chi connectivity index (χ0v) is 11.9. The van der Waals surface area contributed by atoms with E-state index in [-0.39, 0.29) is 5.56 Å². The summed E-state index contributed by atoms with van der Waals surface area (Å²) in [7, 11) is 0. The zero-order valence-electron chi connectivity index (χ0n) is 11.9. The van der Waals surface area contributed by atoms with Crippen LogP contribution in [0.15, 0.2) is 30.5 Å². The number of nitrogens with one attached hydrogen (secondary N) is 1. The molecule has 0 spiro atoms. The summed E-state index contributed by atoms with van der Waals surface area (Å²) in [5, 5.41) is 2.59. The van der Waals surface area contributed by atoms with Crippen LogP contribution in [0.1, 0.15) is 35.9 Å². The molecule has 1 heterocycles. The molecule has 1 aromatic carbocycles. The summed E-state index contributed by atoms with van der Waals surface area (Å²) >= 11 is 0. The number of carbonyl (C=O) groups is 1. The predicted octanol–water partition coefficient (Wildman–Crippen LogP) is 2.86. The van der Waals surface area contributed by atoms with Gasteiger partial charge in [-0.3, -0.25) is 4.79 Å². The van der Waals surface area contributed by atoms with E-state index in [0.717, 1.165) is 12.1 Å². The Morgan fingerprint density at radius 2 is 2.00 bits per heavy atom. The van der Waals surface area contributed by atoms with Crippen LogP contribution in [0.4, 0.5) is 14.5 Å². The Morgan fingerprint density at radius 3 is 2.57 bits per heavy atom. The van der Waals surface area contributed by atoms with Crippen molar-refractivity contribution in [3.8, 4) is 0 Å². The smallest absolute Gasteiger partial charge is 0.268 e. The lowest BCUT2D eigenvalue weighted by molar-refractivity contribution is 0.0929. The minimum Gasteiger partial charge on any atom is -0.397 e. The Morgan fingerprint density at radius 1 is 1.38 bits per heavy atom. The molecule has 0 aliphatic rings. The Balaban J connectivity index is 2.23. The van der Waals surface area contributed by atoms with Crippen LogP contribution in [-0.2, 0) is 6.54 Å². The van der Waals surface area contributed by atoms with Crippen molar-refractivity contribution in [3.63, 3.8) is 0 Å². The number of nitrogen functional groups attached to an aromatic ring is 1. The fourth-order valence-corrected chi connectivity index (χ4v) is 2.25. The van der Waals surface area contributed by atoms with Crippen LogP contribution in [-0.4, -0.2) is 10.5 Å². The maximum absolute atomic E-state index is 13.7. The summed E-state index contributed by atoms with van der Waals surface area (Å²) in [5.41, 5.74) is 6.33. The van der Waals surface area contributed by atoms with Crippen LogP contribution in [0.5, 0.6) is 0 Å². The van der Waals surface area contributed by atoms with E-state index in [4.69, 9.17) is 5.73 Å². The molecule has 0 aliphatic heterocycles. The van der Waals surface area contributed by atoms with E-state index >= 15 is 0 Å². The van der Waals surface area contributed by atoms with Crippen molar-refractivity contribution in [2.45, 2.75) is 26.4 Å². The van der Waals surface area contributed by atoms with E-state index in [0.29, 0.717) is 17.9 Å². The number of aromatic nitrogens is 1. The molecule has 21 heavy (non-hydrogen) atoms. The summed E-state index contributed by atoms with van der Waals surface area (Å²) in [6.07, 6.45) is 1.64. The standard InChI is InChI=1S/C15H17F2N3O/c1-3-20-8-10(18)7-13(20)15(21)19-9(2)14-11(16)5-4-6-12(14)17/h4-9H,3,18H2,1-2H3,(H,19,21). The van der Waals surface area contributed by atoms with E-state index in [1.54, 1.807) is 10.8 Å². The van der Waals surface area contributed by atoms with Gasteiger partial charge in [-0.15, -0.1) is 0 Å². The highest BCUT2D eigenvalue weighted by molar-refractivity contribution is 5.94. The topological polar surface area (TPSA) is 60.0 Å². The molecule has 1 unspecified atom stereocenters. The predicted molar refractivity (Wildman–Crippen MR) is 76.8 cm³/mol. The van der Waals surface area contributed by atoms with Crippen LogP contribution in [0.2, 0.25) is 0 Å². The number of anilines is 1. The maximum Gasteiger partial charge on any atom is 0.268 e. The van der Waals surface area contributed by atoms with Gasteiger partial charge in [0.05, 0.1) is 11.7 Å². The second-order valence-electron chi connectivity index (χ2n) is 4.78. The van der Waals surface area contributed by atoms with Crippen LogP contribution in [0.3, 0.4) is 0 Å². The second kappa shape index (κ2) is 5.95. The molecule has 0 radical (unpaired) electrons. The summed E-state index contributed by atoms with van der Waals surface area (Å²) < 4.78 is 29.0. The van der Waals surface area contributed by atoms with Crippen molar-refractivity contribution in [1.29, 1.82) is 0 Å². The molecule has 2 rings (SSSR count). The molecule has 1 amide bonds. The van der Waals surface area contributed by atoms with E-state index < -0.39 is 23.6 Å². The number of hydrogen-bond acceptors (Lipinski definition) is 2. The molecule has 4 nitrogen and oxygen atoms in total. The van der Waals surface area contributed by atoms with Crippen molar-refractivity contribution in [3.05, 3.63) is 53.4 Å². The van der Waals surface area contributed by atoms with E-state index in [1.165, 1.54) is 19.1 Å². The van der Waals surface area contributed by atoms with Crippen LogP contribution in [0.25, 0.3) is 0 Å². The fourth-order valence-electron chi connectivity index (χ4n) is 2.25. The summed E-state index contributed by atoms with van der Waals surface area (Å²) in [5.74, 6) is -1.80. The van der Waals surface area contributed by atoms with Gasteiger partial charge in [0.15, 0.2) is 0 Å². The number of hydrogen-bond donors (Lipinski definition) is 2. The van der Waals surface area contributed by atoms with Crippen molar-refractivity contribution in [2.24, 2.45) is 0 Å². The number of rotatable bonds is 4. The van der Waals surface area contributed by atoms with Gasteiger partial charge in [-0.2, -0.15) is 0 Å². The third-order valence-corrected chi connectivity index (χ3v) is 3.27. The van der Waals surface area contributed by atoms with Gasteiger partial charge in [0.2, 0.25) is 0 Å². The zero-order chi connectivity index (χ0) is 15.6. The van der Waals surface area contributed by atoms with Gasteiger partial charge in [-0.05, 0) is 32.0 Å². The molecule has 3 N–H and O–H groups in total. The number of aryl methyl sites for hydroxylation is 1. The normalized spacial score (nSPS) is 12.2. The van der Waals surface area contributed by atoms with Gasteiger partial charge in [0, 0.05) is 18.3 Å². The SMILES string of the molecule is CCn1cc(N)cc1C(=O)NC(C)c1c(F)cccc1F. The molecule has 0 fully saturated rings. The Labute approximate surface area is 121 Å². The Bertz CT molecular complexity index is 647. The van der Waals surface area contributed by atoms with Crippen LogP contribution >= 0.6 is 0 Å². The quantitative estimate of drug-likeness (QED) is 0.910. The van der Waals surface area contributed by atoms with Gasteiger partial charge in [-0.1, -0.05) is 6.07 Å². The first kappa shape index (κ1) is 15.0. The van der Waals surface area contributed by atoms with Crippen molar-refractivity contribution in [1.82, 2.24) is 9.88 Å². The lowest BCUT2D eigenvalue weighted by Crippen LogP contribution is -2.29. The molecule has 0 bridgehead atoms.